The van der Waals surface area contributed by atoms with Crippen LogP contribution in [0.3, 0.4) is 0 Å². The summed E-state index contributed by atoms with van der Waals surface area (Å²) in [4.78, 5) is 11.9. The van der Waals surface area contributed by atoms with E-state index in [4.69, 9.17) is 16.3 Å². The van der Waals surface area contributed by atoms with Gasteiger partial charge in [0.25, 0.3) is 5.91 Å². The lowest BCUT2D eigenvalue weighted by molar-refractivity contribution is -0.127. The van der Waals surface area contributed by atoms with E-state index in [-0.39, 0.29) is 5.91 Å². The molecule has 0 saturated carbocycles. The van der Waals surface area contributed by atoms with Gasteiger partial charge < -0.3 is 15.4 Å². The van der Waals surface area contributed by atoms with Gasteiger partial charge in [0.15, 0.2) is 6.10 Å². The van der Waals surface area contributed by atoms with E-state index in [1.165, 1.54) is 0 Å². The molecule has 1 aromatic carbocycles. The molecular formula is C15H23ClN2O2. The Kier molecular flexibility index (Phi) is 7.41. The maximum atomic E-state index is 11.9. The van der Waals surface area contributed by atoms with Gasteiger partial charge in [0.05, 0.1) is 0 Å². The monoisotopic (exact) mass is 298 g/mol. The minimum Gasteiger partial charge on any atom is -0.481 e. The van der Waals surface area contributed by atoms with Crippen LogP contribution < -0.4 is 15.4 Å². The highest BCUT2D eigenvalue weighted by molar-refractivity contribution is 6.30. The Morgan fingerprint density at radius 1 is 1.35 bits per heavy atom. The highest BCUT2D eigenvalue weighted by Crippen LogP contribution is 2.22. The quantitative estimate of drug-likeness (QED) is 0.725. The third-order valence-corrected chi connectivity index (χ3v) is 3.07. The molecular weight excluding hydrogens is 276 g/mol. The highest BCUT2D eigenvalue weighted by Gasteiger charge is 2.14. The molecule has 0 aliphatic carbocycles. The van der Waals surface area contributed by atoms with Crippen molar-refractivity contribution in [3.05, 3.63) is 28.8 Å². The summed E-state index contributed by atoms with van der Waals surface area (Å²) < 4.78 is 5.65. The van der Waals surface area contributed by atoms with Crippen LogP contribution in [-0.2, 0) is 4.79 Å². The molecule has 0 aliphatic rings. The summed E-state index contributed by atoms with van der Waals surface area (Å²) in [5.74, 6) is 0.568. The fourth-order valence-corrected chi connectivity index (χ4v) is 1.94. The fourth-order valence-electron chi connectivity index (χ4n) is 1.71. The van der Waals surface area contributed by atoms with Crippen LogP contribution in [0, 0.1) is 6.92 Å². The number of halogens is 1. The molecule has 0 aliphatic heterocycles. The van der Waals surface area contributed by atoms with Gasteiger partial charge in [-0.25, -0.2) is 0 Å². The van der Waals surface area contributed by atoms with Gasteiger partial charge in [-0.15, -0.1) is 0 Å². The van der Waals surface area contributed by atoms with Crippen LogP contribution in [0.2, 0.25) is 5.02 Å². The second kappa shape index (κ2) is 8.82. The predicted molar refractivity (Wildman–Crippen MR) is 82.4 cm³/mol. The van der Waals surface area contributed by atoms with E-state index < -0.39 is 6.10 Å². The van der Waals surface area contributed by atoms with E-state index in [1.54, 1.807) is 19.1 Å². The maximum absolute atomic E-state index is 11.9. The Balaban J connectivity index is 2.37. The molecule has 0 spiro atoms. The Morgan fingerprint density at radius 3 is 2.75 bits per heavy atom. The Labute approximate surface area is 125 Å². The van der Waals surface area contributed by atoms with Crippen molar-refractivity contribution in [1.82, 2.24) is 10.6 Å². The van der Waals surface area contributed by atoms with Crippen molar-refractivity contribution in [3.63, 3.8) is 0 Å². The summed E-state index contributed by atoms with van der Waals surface area (Å²) in [6.07, 6.45) is 0.560. The van der Waals surface area contributed by atoms with E-state index in [9.17, 15) is 4.79 Å². The van der Waals surface area contributed by atoms with Crippen molar-refractivity contribution < 1.29 is 9.53 Å². The number of hydrogen-bond acceptors (Lipinski definition) is 3. The largest absolute Gasteiger partial charge is 0.481 e. The third kappa shape index (κ3) is 5.80. The van der Waals surface area contributed by atoms with Gasteiger partial charge in [0, 0.05) is 18.1 Å². The van der Waals surface area contributed by atoms with Gasteiger partial charge >= 0.3 is 0 Å². The molecule has 0 aromatic heterocycles. The summed E-state index contributed by atoms with van der Waals surface area (Å²) in [6.45, 7) is 8.09. The van der Waals surface area contributed by atoms with Gasteiger partial charge in [-0.2, -0.15) is 0 Å². The van der Waals surface area contributed by atoms with Crippen molar-refractivity contribution in [2.45, 2.75) is 33.3 Å². The molecule has 1 aromatic rings. The van der Waals surface area contributed by atoms with Crippen molar-refractivity contribution in [2.75, 3.05) is 19.6 Å². The molecule has 2 N–H and O–H groups in total. The molecule has 0 fully saturated rings. The summed E-state index contributed by atoms with van der Waals surface area (Å²) in [5, 5.41) is 6.73. The third-order valence-electron chi connectivity index (χ3n) is 2.84. The lowest BCUT2D eigenvalue weighted by Crippen LogP contribution is -2.39. The van der Waals surface area contributed by atoms with Crippen LogP contribution in [0.25, 0.3) is 0 Å². The average Bonchev–Trinajstić information content (AvgIpc) is 2.41. The van der Waals surface area contributed by atoms with Crippen molar-refractivity contribution >= 4 is 17.5 Å². The Morgan fingerprint density at radius 2 is 2.10 bits per heavy atom. The average molecular weight is 299 g/mol. The topological polar surface area (TPSA) is 50.4 Å². The number of benzene rings is 1. The van der Waals surface area contributed by atoms with E-state index >= 15 is 0 Å². The van der Waals surface area contributed by atoms with Gasteiger partial charge in [-0.3, -0.25) is 4.79 Å². The maximum Gasteiger partial charge on any atom is 0.260 e. The van der Waals surface area contributed by atoms with E-state index in [2.05, 4.69) is 17.6 Å². The van der Waals surface area contributed by atoms with Crippen molar-refractivity contribution in [2.24, 2.45) is 0 Å². The molecule has 4 nitrogen and oxygen atoms in total. The Bertz CT molecular complexity index is 438. The first-order chi connectivity index (χ1) is 9.54. The van der Waals surface area contributed by atoms with Crippen molar-refractivity contribution in [1.29, 1.82) is 0 Å². The number of hydrogen-bond donors (Lipinski definition) is 2. The fraction of sp³-hybridized carbons (Fsp3) is 0.533. The number of nitrogens with one attached hydrogen (secondary N) is 2. The smallest absolute Gasteiger partial charge is 0.260 e. The molecule has 0 saturated heterocycles. The highest BCUT2D eigenvalue weighted by atomic mass is 35.5. The lowest BCUT2D eigenvalue weighted by atomic mass is 10.2. The predicted octanol–water partition coefficient (Wildman–Crippen LogP) is 2.53. The zero-order valence-corrected chi connectivity index (χ0v) is 13.1. The summed E-state index contributed by atoms with van der Waals surface area (Å²) in [7, 11) is 0. The molecule has 1 amide bonds. The van der Waals surface area contributed by atoms with Crippen molar-refractivity contribution in [3.8, 4) is 5.75 Å². The number of carbonyl (C=O) groups is 1. The number of amides is 1. The molecule has 1 atom stereocenters. The summed E-state index contributed by atoms with van der Waals surface area (Å²) >= 11 is 5.88. The SMILES string of the molecule is CCCNCCNC(=O)C(C)Oc1ccc(Cl)cc1C. The first-order valence-electron chi connectivity index (χ1n) is 6.95. The van der Waals surface area contributed by atoms with E-state index in [0.717, 1.165) is 25.1 Å². The second-order valence-electron chi connectivity index (χ2n) is 4.71. The number of carbonyl (C=O) groups excluding carboxylic acids is 1. The molecule has 5 heteroatoms. The lowest BCUT2D eigenvalue weighted by Gasteiger charge is -2.16. The number of aryl methyl sites for hydroxylation is 1. The van der Waals surface area contributed by atoms with Crippen LogP contribution >= 0.6 is 11.6 Å². The van der Waals surface area contributed by atoms with Gasteiger partial charge in [0.1, 0.15) is 5.75 Å². The molecule has 0 heterocycles. The van der Waals surface area contributed by atoms with Crippen LogP contribution in [0.4, 0.5) is 0 Å². The van der Waals surface area contributed by atoms with Crippen LogP contribution in [0.5, 0.6) is 5.75 Å². The van der Waals surface area contributed by atoms with Crippen LogP contribution in [0.1, 0.15) is 25.8 Å². The minimum atomic E-state index is -0.527. The van der Waals surface area contributed by atoms with Crippen LogP contribution in [0.15, 0.2) is 18.2 Å². The summed E-state index contributed by atoms with van der Waals surface area (Å²) in [6, 6.07) is 5.35. The minimum absolute atomic E-state index is 0.113. The normalized spacial score (nSPS) is 12.0. The second-order valence-corrected chi connectivity index (χ2v) is 5.15. The molecule has 1 rings (SSSR count). The van der Waals surface area contributed by atoms with Crippen LogP contribution in [-0.4, -0.2) is 31.6 Å². The summed E-state index contributed by atoms with van der Waals surface area (Å²) in [5.41, 5.74) is 0.918. The standard InChI is InChI=1S/C15H23ClN2O2/c1-4-7-17-8-9-18-15(19)12(3)20-14-6-5-13(16)10-11(14)2/h5-6,10,12,17H,4,7-9H2,1-3H3,(H,18,19). The zero-order valence-electron chi connectivity index (χ0n) is 12.3. The molecule has 20 heavy (non-hydrogen) atoms. The molecule has 1 unspecified atom stereocenters. The number of rotatable bonds is 8. The van der Waals surface area contributed by atoms with E-state index in [0.29, 0.717) is 17.3 Å². The molecule has 0 bridgehead atoms. The van der Waals surface area contributed by atoms with Gasteiger partial charge in [0.2, 0.25) is 0 Å². The zero-order chi connectivity index (χ0) is 15.0. The molecule has 0 radical (unpaired) electrons. The molecule has 112 valence electrons. The number of ether oxygens (including phenoxy) is 1. The van der Waals surface area contributed by atoms with Gasteiger partial charge in [-0.05, 0) is 50.6 Å². The Hall–Kier alpha value is -1.26. The first-order valence-corrected chi connectivity index (χ1v) is 7.33. The van der Waals surface area contributed by atoms with Gasteiger partial charge in [-0.1, -0.05) is 18.5 Å². The first kappa shape index (κ1) is 16.8. The van der Waals surface area contributed by atoms with E-state index in [1.807, 2.05) is 13.0 Å².